The van der Waals surface area contributed by atoms with E-state index < -0.39 is 12.1 Å². The van der Waals surface area contributed by atoms with E-state index in [2.05, 4.69) is 0 Å². The van der Waals surface area contributed by atoms with Gasteiger partial charge in [0.25, 0.3) is 0 Å². The molecule has 1 fully saturated rings. The zero-order chi connectivity index (χ0) is 15.4. The maximum absolute atomic E-state index is 12.9. The number of aliphatic hydroxyl groups excluding tert-OH is 1. The zero-order valence-corrected chi connectivity index (χ0v) is 12.3. The van der Waals surface area contributed by atoms with Crippen molar-refractivity contribution in [3.8, 4) is 0 Å². The van der Waals surface area contributed by atoms with E-state index in [1.807, 2.05) is 6.92 Å². The first kappa shape index (κ1) is 15.9. The van der Waals surface area contributed by atoms with Crippen molar-refractivity contribution in [2.24, 2.45) is 11.7 Å². The second-order valence-electron chi connectivity index (χ2n) is 5.67. The molecule has 1 aromatic rings. The number of aliphatic hydroxyl groups is 1. The van der Waals surface area contributed by atoms with Gasteiger partial charge in [0, 0.05) is 13.1 Å². The van der Waals surface area contributed by atoms with Crippen molar-refractivity contribution in [1.82, 2.24) is 4.90 Å². The molecule has 0 aliphatic carbocycles. The molecule has 1 aliphatic heterocycles. The number of likely N-dealkylation sites (tertiary alicyclic amines) is 1. The standard InChI is InChI=1S/C16H23FN2O2/c1-2-14(18)16(21)19-9-7-12(8-10-19)15(20)11-3-5-13(17)6-4-11/h3-6,12,14-15,20H,2,7-10,18H2,1H3/t14-,15-/m1/s1. The van der Waals surface area contributed by atoms with Crippen molar-refractivity contribution in [1.29, 1.82) is 0 Å². The van der Waals surface area contributed by atoms with Gasteiger partial charge in [0.05, 0.1) is 12.1 Å². The first-order chi connectivity index (χ1) is 10.0. The van der Waals surface area contributed by atoms with Crippen LogP contribution >= 0.6 is 0 Å². The number of benzene rings is 1. The fourth-order valence-electron chi connectivity index (χ4n) is 2.78. The molecule has 2 rings (SSSR count). The van der Waals surface area contributed by atoms with Gasteiger partial charge in [-0.3, -0.25) is 4.79 Å². The van der Waals surface area contributed by atoms with Gasteiger partial charge in [-0.1, -0.05) is 19.1 Å². The monoisotopic (exact) mass is 294 g/mol. The fourth-order valence-corrected chi connectivity index (χ4v) is 2.78. The minimum Gasteiger partial charge on any atom is -0.388 e. The third kappa shape index (κ3) is 3.80. The largest absolute Gasteiger partial charge is 0.388 e. The normalized spacial score (nSPS) is 19.3. The van der Waals surface area contributed by atoms with E-state index in [1.54, 1.807) is 17.0 Å². The number of rotatable bonds is 4. The molecule has 3 N–H and O–H groups in total. The van der Waals surface area contributed by atoms with Crippen LogP contribution in [-0.2, 0) is 4.79 Å². The highest BCUT2D eigenvalue weighted by molar-refractivity contribution is 5.81. The highest BCUT2D eigenvalue weighted by atomic mass is 19.1. The van der Waals surface area contributed by atoms with E-state index in [0.717, 1.165) is 18.4 Å². The second-order valence-corrected chi connectivity index (χ2v) is 5.67. The number of nitrogens with two attached hydrogens (primary N) is 1. The Labute approximate surface area is 124 Å². The molecule has 1 heterocycles. The number of hydrogen-bond donors (Lipinski definition) is 2. The third-order valence-electron chi connectivity index (χ3n) is 4.27. The molecule has 116 valence electrons. The summed E-state index contributed by atoms with van der Waals surface area (Å²) in [7, 11) is 0. The average Bonchev–Trinajstić information content (AvgIpc) is 2.53. The molecular weight excluding hydrogens is 271 g/mol. The summed E-state index contributed by atoms with van der Waals surface area (Å²) in [5.74, 6) is -0.218. The molecule has 21 heavy (non-hydrogen) atoms. The Hall–Kier alpha value is -1.46. The van der Waals surface area contributed by atoms with Crippen molar-refractivity contribution >= 4 is 5.91 Å². The van der Waals surface area contributed by atoms with Gasteiger partial charge in [-0.25, -0.2) is 4.39 Å². The molecule has 2 atom stereocenters. The van der Waals surface area contributed by atoms with E-state index in [1.165, 1.54) is 12.1 Å². The van der Waals surface area contributed by atoms with Crippen LogP contribution in [0.4, 0.5) is 4.39 Å². The first-order valence-electron chi connectivity index (χ1n) is 7.50. The van der Waals surface area contributed by atoms with E-state index in [0.29, 0.717) is 19.5 Å². The summed E-state index contributed by atoms with van der Waals surface area (Å²) in [4.78, 5) is 13.8. The predicted octanol–water partition coefficient (Wildman–Crippen LogP) is 1.83. The molecule has 1 saturated heterocycles. The van der Waals surface area contributed by atoms with Crippen molar-refractivity contribution in [2.75, 3.05) is 13.1 Å². The molecule has 0 spiro atoms. The Kier molecular flexibility index (Phi) is 5.31. The van der Waals surface area contributed by atoms with Crippen molar-refractivity contribution in [3.05, 3.63) is 35.6 Å². The fraction of sp³-hybridized carbons (Fsp3) is 0.562. The molecule has 1 aromatic carbocycles. The SMILES string of the molecule is CC[C@@H](N)C(=O)N1CCC([C@H](O)c2ccc(F)cc2)CC1. The Morgan fingerprint density at radius 1 is 1.38 bits per heavy atom. The summed E-state index contributed by atoms with van der Waals surface area (Å²) in [6.45, 7) is 3.14. The molecule has 0 saturated carbocycles. The zero-order valence-electron chi connectivity index (χ0n) is 12.3. The predicted molar refractivity (Wildman–Crippen MR) is 78.9 cm³/mol. The first-order valence-corrected chi connectivity index (χ1v) is 7.50. The highest BCUT2D eigenvalue weighted by Crippen LogP contribution is 2.30. The molecule has 5 heteroatoms. The lowest BCUT2D eigenvalue weighted by Gasteiger charge is -2.35. The van der Waals surface area contributed by atoms with Gasteiger partial charge in [0.15, 0.2) is 0 Å². The van der Waals surface area contributed by atoms with Gasteiger partial charge in [-0.15, -0.1) is 0 Å². The number of hydrogen-bond acceptors (Lipinski definition) is 3. The molecule has 0 aromatic heterocycles. The van der Waals surface area contributed by atoms with Crippen LogP contribution in [0.5, 0.6) is 0 Å². The van der Waals surface area contributed by atoms with Crippen LogP contribution in [0.3, 0.4) is 0 Å². The molecule has 4 nitrogen and oxygen atoms in total. The van der Waals surface area contributed by atoms with Crippen LogP contribution in [0.15, 0.2) is 24.3 Å². The Bertz CT molecular complexity index is 470. The number of nitrogens with zero attached hydrogens (tertiary/aromatic N) is 1. The maximum atomic E-state index is 12.9. The van der Waals surface area contributed by atoms with Gasteiger partial charge < -0.3 is 15.7 Å². The van der Waals surface area contributed by atoms with Crippen LogP contribution in [-0.4, -0.2) is 35.0 Å². The lowest BCUT2D eigenvalue weighted by molar-refractivity contribution is -0.134. The van der Waals surface area contributed by atoms with Crippen LogP contribution in [0.25, 0.3) is 0 Å². The van der Waals surface area contributed by atoms with Crippen LogP contribution in [0.2, 0.25) is 0 Å². The number of amides is 1. The third-order valence-corrected chi connectivity index (χ3v) is 4.27. The lowest BCUT2D eigenvalue weighted by Crippen LogP contribution is -2.47. The highest BCUT2D eigenvalue weighted by Gasteiger charge is 2.29. The Morgan fingerprint density at radius 3 is 2.48 bits per heavy atom. The Morgan fingerprint density at radius 2 is 1.95 bits per heavy atom. The minimum absolute atomic E-state index is 0.00720. The van der Waals surface area contributed by atoms with Gasteiger partial charge in [0.1, 0.15) is 5.82 Å². The molecule has 0 radical (unpaired) electrons. The number of carbonyl (C=O) groups excluding carboxylic acids is 1. The average molecular weight is 294 g/mol. The molecule has 0 bridgehead atoms. The summed E-state index contributed by atoms with van der Waals surface area (Å²) in [5.41, 5.74) is 6.50. The maximum Gasteiger partial charge on any atom is 0.239 e. The lowest BCUT2D eigenvalue weighted by atomic mass is 9.87. The summed E-state index contributed by atoms with van der Waals surface area (Å²) in [6, 6.07) is 5.52. The second kappa shape index (κ2) is 7.00. The van der Waals surface area contributed by atoms with Crippen LogP contribution in [0, 0.1) is 11.7 Å². The summed E-state index contributed by atoms with van der Waals surface area (Å²) >= 11 is 0. The molecule has 1 amide bonds. The van der Waals surface area contributed by atoms with Gasteiger partial charge in [0.2, 0.25) is 5.91 Å². The smallest absolute Gasteiger partial charge is 0.239 e. The summed E-state index contributed by atoms with van der Waals surface area (Å²) in [6.07, 6.45) is 1.50. The quantitative estimate of drug-likeness (QED) is 0.890. The molecular formula is C16H23FN2O2. The van der Waals surface area contributed by atoms with Crippen LogP contribution in [0.1, 0.15) is 37.9 Å². The van der Waals surface area contributed by atoms with Crippen molar-refractivity contribution in [3.63, 3.8) is 0 Å². The summed E-state index contributed by atoms with van der Waals surface area (Å²) < 4.78 is 12.9. The molecule has 1 aliphatic rings. The van der Waals surface area contributed by atoms with Crippen molar-refractivity contribution in [2.45, 2.75) is 38.3 Å². The van der Waals surface area contributed by atoms with E-state index >= 15 is 0 Å². The van der Waals surface area contributed by atoms with E-state index in [9.17, 15) is 14.3 Å². The van der Waals surface area contributed by atoms with Crippen molar-refractivity contribution < 1.29 is 14.3 Å². The molecule has 0 unspecified atom stereocenters. The number of piperidine rings is 1. The van der Waals surface area contributed by atoms with Crippen LogP contribution < -0.4 is 5.73 Å². The minimum atomic E-state index is -0.609. The summed E-state index contributed by atoms with van der Waals surface area (Å²) in [5, 5.41) is 10.4. The van der Waals surface area contributed by atoms with Gasteiger partial charge in [-0.2, -0.15) is 0 Å². The number of halogens is 1. The Balaban J connectivity index is 1.91. The number of carbonyl (C=O) groups is 1. The van der Waals surface area contributed by atoms with Gasteiger partial charge in [-0.05, 0) is 42.9 Å². The van der Waals surface area contributed by atoms with E-state index in [-0.39, 0.29) is 17.6 Å². The topological polar surface area (TPSA) is 66.6 Å². The van der Waals surface area contributed by atoms with E-state index in [4.69, 9.17) is 5.73 Å². The van der Waals surface area contributed by atoms with Gasteiger partial charge >= 0.3 is 0 Å².